The van der Waals surface area contributed by atoms with Gasteiger partial charge in [-0.3, -0.25) is 4.57 Å². The molecule has 1 atom stereocenters. The van der Waals surface area contributed by atoms with Gasteiger partial charge in [0.25, 0.3) is 0 Å². The Hall–Kier alpha value is -2.18. The highest BCUT2D eigenvalue weighted by Gasteiger charge is 2.21. The molecule has 3 aromatic rings. The first kappa shape index (κ1) is 17.2. The van der Waals surface area contributed by atoms with Gasteiger partial charge >= 0.3 is 0 Å². The molecule has 0 N–H and O–H groups in total. The van der Waals surface area contributed by atoms with Gasteiger partial charge in [-0.1, -0.05) is 41.6 Å². The molecule has 2 aromatic carbocycles. The second-order valence-corrected chi connectivity index (χ2v) is 7.39. The van der Waals surface area contributed by atoms with Gasteiger partial charge < -0.3 is 4.74 Å². The van der Waals surface area contributed by atoms with E-state index < -0.39 is 0 Å². The molecule has 1 aliphatic rings. The summed E-state index contributed by atoms with van der Waals surface area (Å²) in [6.45, 7) is 2.87. The lowest BCUT2D eigenvalue weighted by Gasteiger charge is -2.12. The monoisotopic (exact) mass is 369 g/mol. The maximum absolute atomic E-state index is 14.4. The number of nitrogens with zero attached hydrogens (tertiary/aromatic N) is 3. The van der Waals surface area contributed by atoms with E-state index in [0.717, 1.165) is 36.0 Å². The first-order valence-electron chi connectivity index (χ1n) is 8.74. The highest BCUT2D eigenvalue weighted by Crippen LogP contribution is 2.31. The summed E-state index contributed by atoms with van der Waals surface area (Å²) in [7, 11) is 0. The molecule has 0 bridgehead atoms. The van der Waals surface area contributed by atoms with Crippen molar-refractivity contribution in [3.8, 4) is 17.1 Å². The molecule has 1 saturated heterocycles. The first-order chi connectivity index (χ1) is 12.7. The van der Waals surface area contributed by atoms with Gasteiger partial charge in [-0.05, 0) is 44.0 Å². The standard InChI is InChI=1S/C20H20FN3OS/c1-14-8-10-15(11-9-14)24-19(17-6-2-3-7-18(17)21)22-23-20(24)26-13-16-5-4-12-25-16/h2-3,6-11,16H,4-5,12-13H2,1H3. The second kappa shape index (κ2) is 7.60. The Morgan fingerprint density at radius 1 is 1.15 bits per heavy atom. The fourth-order valence-electron chi connectivity index (χ4n) is 3.05. The molecule has 0 saturated carbocycles. The van der Waals surface area contributed by atoms with Gasteiger partial charge in [0.2, 0.25) is 0 Å². The second-order valence-electron chi connectivity index (χ2n) is 6.40. The van der Waals surface area contributed by atoms with E-state index in [1.54, 1.807) is 23.9 Å². The lowest BCUT2D eigenvalue weighted by molar-refractivity contribution is 0.129. The van der Waals surface area contributed by atoms with Crippen LogP contribution in [-0.4, -0.2) is 33.2 Å². The van der Waals surface area contributed by atoms with E-state index in [9.17, 15) is 4.39 Å². The van der Waals surface area contributed by atoms with Gasteiger partial charge in [0.1, 0.15) is 5.82 Å². The smallest absolute Gasteiger partial charge is 0.196 e. The minimum Gasteiger partial charge on any atom is -0.377 e. The van der Waals surface area contributed by atoms with E-state index in [1.165, 1.54) is 11.6 Å². The Morgan fingerprint density at radius 3 is 2.69 bits per heavy atom. The molecule has 0 amide bonds. The van der Waals surface area contributed by atoms with E-state index in [0.29, 0.717) is 11.4 Å². The number of aryl methyl sites for hydroxylation is 1. The summed E-state index contributed by atoms with van der Waals surface area (Å²) >= 11 is 1.61. The summed E-state index contributed by atoms with van der Waals surface area (Å²) in [5, 5.41) is 9.40. The Morgan fingerprint density at radius 2 is 1.96 bits per heavy atom. The van der Waals surface area contributed by atoms with Crippen molar-refractivity contribution in [3.63, 3.8) is 0 Å². The molecule has 1 fully saturated rings. The van der Waals surface area contributed by atoms with Crippen LogP contribution in [0.4, 0.5) is 4.39 Å². The minimum absolute atomic E-state index is 0.250. The third-order valence-corrected chi connectivity index (χ3v) is 5.52. The van der Waals surface area contributed by atoms with Gasteiger partial charge in [0.05, 0.1) is 11.7 Å². The minimum atomic E-state index is -0.302. The van der Waals surface area contributed by atoms with Gasteiger partial charge in [-0.15, -0.1) is 10.2 Å². The predicted octanol–water partition coefficient (Wildman–Crippen LogP) is 4.65. The average molecular weight is 369 g/mol. The van der Waals surface area contributed by atoms with Crippen LogP contribution in [0.5, 0.6) is 0 Å². The summed E-state index contributed by atoms with van der Waals surface area (Å²) in [6, 6.07) is 14.8. The summed E-state index contributed by atoms with van der Waals surface area (Å²) in [5.41, 5.74) is 2.54. The van der Waals surface area contributed by atoms with Crippen LogP contribution in [0.15, 0.2) is 53.7 Å². The molecule has 4 rings (SSSR count). The number of ether oxygens (including phenoxy) is 1. The third kappa shape index (κ3) is 3.52. The molecule has 0 radical (unpaired) electrons. The van der Waals surface area contributed by atoms with Crippen LogP contribution in [0.3, 0.4) is 0 Å². The predicted molar refractivity (Wildman–Crippen MR) is 101 cm³/mol. The van der Waals surface area contributed by atoms with E-state index in [4.69, 9.17) is 4.74 Å². The lowest BCUT2D eigenvalue weighted by atomic mass is 10.2. The fraction of sp³-hybridized carbons (Fsp3) is 0.300. The molecule has 0 spiro atoms. The van der Waals surface area contributed by atoms with Crippen LogP contribution in [0.25, 0.3) is 17.1 Å². The number of rotatable bonds is 5. The molecular formula is C20H20FN3OS. The van der Waals surface area contributed by atoms with Crippen molar-refractivity contribution in [2.75, 3.05) is 12.4 Å². The Labute approximate surface area is 156 Å². The van der Waals surface area contributed by atoms with Crippen LogP contribution >= 0.6 is 11.8 Å². The maximum Gasteiger partial charge on any atom is 0.196 e. The van der Waals surface area contributed by atoms with Crippen molar-refractivity contribution in [1.82, 2.24) is 14.8 Å². The number of halogens is 1. The topological polar surface area (TPSA) is 39.9 Å². The van der Waals surface area contributed by atoms with E-state index in [1.807, 2.05) is 41.8 Å². The van der Waals surface area contributed by atoms with E-state index in [-0.39, 0.29) is 11.9 Å². The number of thioether (sulfide) groups is 1. The number of benzene rings is 2. The molecule has 1 aliphatic heterocycles. The van der Waals surface area contributed by atoms with Gasteiger partial charge in [-0.2, -0.15) is 0 Å². The maximum atomic E-state index is 14.4. The van der Waals surface area contributed by atoms with Crippen molar-refractivity contribution < 1.29 is 9.13 Å². The molecular weight excluding hydrogens is 349 g/mol. The largest absolute Gasteiger partial charge is 0.377 e. The van der Waals surface area contributed by atoms with Crippen LogP contribution in [0.2, 0.25) is 0 Å². The van der Waals surface area contributed by atoms with Crippen molar-refractivity contribution >= 4 is 11.8 Å². The van der Waals surface area contributed by atoms with Crippen LogP contribution in [0.1, 0.15) is 18.4 Å². The zero-order valence-electron chi connectivity index (χ0n) is 14.6. The van der Waals surface area contributed by atoms with Crippen LogP contribution in [0, 0.1) is 12.7 Å². The Bertz CT molecular complexity index is 888. The molecule has 1 aromatic heterocycles. The molecule has 2 heterocycles. The first-order valence-corrected chi connectivity index (χ1v) is 9.73. The summed E-state index contributed by atoms with van der Waals surface area (Å²) in [5.74, 6) is 1.03. The normalized spacial score (nSPS) is 16.9. The van der Waals surface area contributed by atoms with Gasteiger partial charge in [0.15, 0.2) is 11.0 Å². The van der Waals surface area contributed by atoms with Gasteiger partial charge in [0, 0.05) is 18.0 Å². The molecule has 26 heavy (non-hydrogen) atoms. The van der Waals surface area contributed by atoms with E-state index in [2.05, 4.69) is 10.2 Å². The highest BCUT2D eigenvalue weighted by molar-refractivity contribution is 7.99. The number of hydrogen-bond donors (Lipinski definition) is 0. The lowest BCUT2D eigenvalue weighted by Crippen LogP contribution is -2.09. The summed E-state index contributed by atoms with van der Waals surface area (Å²) in [4.78, 5) is 0. The zero-order chi connectivity index (χ0) is 17.9. The molecule has 1 unspecified atom stereocenters. The highest BCUT2D eigenvalue weighted by atomic mass is 32.2. The Kier molecular flexibility index (Phi) is 5.04. The zero-order valence-corrected chi connectivity index (χ0v) is 15.4. The fourth-order valence-corrected chi connectivity index (χ4v) is 4.07. The van der Waals surface area contributed by atoms with E-state index >= 15 is 0 Å². The van der Waals surface area contributed by atoms with Crippen LogP contribution in [-0.2, 0) is 4.74 Å². The Balaban J connectivity index is 1.74. The number of aromatic nitrogens is 3. The summed E-state index contributed by atoms with van der Waals surface area (Å²) in [6.07, 6.45) is 2.43. The molecule has 6 heteroatoms. The molecule has 4 nitrogen and oxygen atoms in total. The average Bonchev–Trinajstić information content (AvgIpc) is 3.31. The van der Waals surface area contributed by atoms with Crippen molar-refractivity contribution in [2.45, 2.75) is 31.0 Å². The molecule has 134 valence electrons. The quantitative estimate of drug-likeness (QED) is 0.614. The van der Waals surface area contributed by atoms with Crippen molar-refractivity contribution in [2.24, 2.45) is 0 Å². The van der Waals surface area contributed by atoms with Gasteiger partial charge in [-0.25, -0.2) is 4.39 Å². The molecule has 0 aliphatic carbocycles. The third-order valence-electron chi connectivity index (χ3n) is 4.46. The number of hydrogen-bond acceptors (Lipinski definition) is 4. The SMILES string of the molecule is Cc1ccc(-n2c(SCC3CCCO3)nnc2-c2ccccc2F)cc1. The summed E-state index contributed by atoms with van der Waals surface area (Å²) < 4.78 is 22.0. The van der Waals surface area contributed by atoms with Crippen molar-refractivity contribution in [1.29, 1.82) is 0 Å². The van der Waals surface area contributed by atoms with Crippen LogP contribution < -0.4 is 0 Å². The van der Waals surface area contributed by atoms with Crippen molar-refractivity contribution in [3.05, 3.63) is 59.9 Å².